The zero-order valence-electron chi connectivity index (χ0n) is 10.6. The Balaban J connectivity index is 2.53. The Hall–Kier alpha value is -1.72. The molecule has 6 heteroatoms. The van der Waals surface area contributed by atoms with Gasteiger partial charge in [0.05, 0.1) is 10.6 Å². The third-order valence-corrected chi connectivity index (χ3v) is 3.47. The molecule has 4 N–H and O–H groups in total. The lowest BCUT2D eigenvalue weighted by Gasteiger charge is -2.14. The molecule has 0 saturated carbocycles. The molecular weight excluding hydrogens is 344 g/mol. The third kappa shape index (κ3) is 3.05. The molecule has 1 amide bonds. The number of anilines is 1. The van der Waals surface area contributed by atoms with E-state index in [1.807, 2.05) is 19.1 Å². The van der Waals surface area contributed by atoms with Crippen LogP contribution in [0.15, 0.2) is 34.8 Å². The molecule has 0 aromatic heterocycles. The van der Waals surface area contributed by atoms with Crippen LogP contribution < -0.4 is 16.2 Å². The van der Waals surface area contributed by atoms with E-state index < -0.39 is 5.91 Å². The summed E-state index contributed by atoms with van der Waals surface area (Å²) in [5.74, 6) is 0.130. The summed E-state index contributed by atoms with van der Waals surface area (Å²) in [6.07, 6.45) is 0. The number of nitrogens with two attached hydrogens (primary N) is 2. The second kappa shape index (κ2) is 5.73. The Labute approximate surface area is 129 Å². The van der Waals surface area contributed by atoms with Gasteiger partial charge < -0.3 is 16.2 Å². The molecule has 2 aromatic rings. The molecule has 0 aliphatic heterocycles. The highest BCUT2D eigenvalue weighted by molar-refractivity contribution is 9.10. The molecular formula is C14H12BrClN2O2. The van der Waals surface area contributed by atoms with Crippen LogP contribution in [-0.4, -0.2) is 5.91 Å². The van der Waals surface area contributed by atoms with E-state index in [0.29, 0.717) is 11.4 Å². The maximum Gasteiger partial charge on any atom is 0.252 e. The second-order valence-corrected chi connectivity index (χ2v) is 5.58. The van der Waals surface area contributed by atoms with Crippen LogP contribution in [-0.2, 0) is 0 Å². The van der Waals surface area contributed by atoms with Crippen molar-refractivity contribution in [1.29, 1.82) is 0 Å². The molecule has 0 bridgehead atoms. The van der Waals surface area contributed by atoms with Gasteiger partial charge in [-0.1, -0.05) is 33.6 Å². The van der Waals surface area contributed by atoms with Gasteiger partial charge in [-0.05, 0) is 36.8 Å². The lowest BCUT2D eigenvalue weighted by Crippen LogP contribution is -2.13. The van der Waals surface area contributed by atoms with Crippen molar-refractivity contribution in [1.82, 2.24) is 0 Å². The normalized spacial score (nSPS) is 10.3. The van der Waals surface area contributed by atoms with Gasteiger partial charge in [-0.2, -0.15) is 0 Å². The maximum atomic E-state index is 11.5. The van der Waals surface area contributed by atoms with E-state index in [9.17, 15) is 4.79 Å². The topological polar surface area (TPSA) is 78.3 Å². The summed E-state index contributed by atoms with van der Waals surface area (Å²) in [6.45, 7) is 1.89. The fourth-order valence-electron chi connectivity index (χ4n) is 1.70. The smallest absolute Gasteiger partial charge is 0.252 e. The Morgan fingerprint density at radius 2 is 2.00 bits per heavy atom. The Morgan fingerprint density at radius 3 is 2.65 bits per heavy atom. The summed E-state index contributed by atoms with van der Waals surface area (Å²) in [4.78, 5) is 11.5. The van der Waals surface area contributed by atoms with Gasteiger partial charge in [0.1, 0.15) is 5.75 Å². The number of hydrogen-bond acceptors (Lipinski definition) is 3. The van der Waals surface area contributed by atoms with Crippen molar-refractivity contribution in [3.05, 3.63) is 51.0 Å². The number of primary amides is 1. The molecule has 4 nitrogen and oxygen atoms in total. The van der Waals surface area contributed by atoms with Gasteiger partial charge in [0.25, 0.3) is 5.91 Å². The van der Waals surface area contributed by atoms with E-state index in [1.165, 1.54) is 12.1 Å². The highest BCUT2D eigenvalue weighted by atomic mass is 79.9. The summed E-state index contributed by atoms with van der Waals surface area (Å²) in [6, 6.07) is 8.51. The second-order valence-electron chi connectivity index (χ2n) is 4.26. The number of carbonyl (C=O) groups excluding carboxylic acids is 1. The Bertz CT molecular complexity index is 689. The van der Waals surface area contributed by atoms with Crippen LogP contribution in [0.2, 0.25) is 5.02 Å². The first-order valence-corrected chi connectivity index (χ1v) is 6.88. The van der Waals surface area contributed by atoms with E-state index >= 15 is 0 Å². The van der Waals surface area contributed by atoms with Crippen molar-refractivity contribution >= 4 is 39.1 Å². The zero-order chi connectivity index (χ0) is 14.9. The fraction of sp³-hybridized carbons (Fsp3) is 0.0714. The SMILES string of the molecule is Cc1ccc(Br)cc1Oc1c(Cl)cc(N)cc1C(N)=O. The minimum absolute atomic E-state index is 0.148. The van der Waals surface area contributed by atoms with Gasteiger partial charge in [0.2, 0.25) is 0 Å². The minimum atomic E-state index is -0.651. The number of aryl methyl sites for hydroxylation is 1. The highest BCUT2D eigenvalue weighted by Crippen LogP contribution is 2.36. The van der Waals surface area contributed by atoms with E-state index in [0.717, 1.165) is 10.0 Å². The van der Waals surface area contributed by atoms with Crippen LogP contribution >= 0.6 is 27.5 Å². The van der Waals surface area contributed by atoms with Crippen molar-refractivity contribution in [2.75, 3.05) is 5.73 Å². The number of hydrogen-bond donors (Lipinski definition) is 2. The van der Waals surface area contributed by atoms with E-state index in [1.54, 1.807) is 6.07 Å². The molecule has 2 rings (SSSR count). The maximum absolute atomic E-state index is 11.5. The van der Waals surface area contributed by atoms with Crippen molar-refractivity contribution < 1.29 is 9.53 Å². The van der Waals surface area contributed by atoms with Crippen LogP contribution in [0, 0.1) is 6.92 Å². The first-order chi connectivity index (χ1) is 9.38. The number of rotatable bonds is 3. The van der Waals surface area contributed by atoms with Gasteiger partial charge >= 0.3 is 0 Å². The molecule has 0 aliphatic carbocycles. The van der Waals surface area contributed by atoms with Crippen LogP contribution in [0.25, 0.3) is 0 Å². The summed E-state index contributed by atoms with van der Waals surface area (Å²) in [5.41, 5.74) is 12.4. The van der Waals surface area contributed by atoms with Crippen molar-refractivity contribution in [2.24, 2.45) is 5.73 Å². The van der Waals surface area contributed by atoms with Gasteiger partial charge in [0.15, 0.2) is 5.75 Å². The molecule has 0 spiro atoms. The van der Waals surface area contributed by atoms with Crippen LogP contribution in [0.5, 0.6) is 11.5 Å². The lowest BCUT2D eigenvalue weighted by molar-refractivity contribution is 0.0998. The Morgan fingerprint density at radius 1 is 1.30 bits per heavy atom. The number of benzene rings is 2. The van der Waals surface area contributed by atoms with E-state index in [-0.39, 0.29) is 16.3 Å². The van der Waals surface area contributed by atoms with E-state index in [4.69, 9.17) is 27.8 Å². The van der Waals surface area contributed by atoms with Crippen LogP contribution in [0.1, 0.15) is 15.9 Å². The lowest BCUT2D eigenvalue weighted by atomic mass is 10.1. The van der Waals surface area contributed by atoms with Crippen LogP contribution in [0.3, 0.4) is 0 Å². The number of nitrogen functional groups attached to an aromatic ring is 1. The highest BCUT2D eigenvalue weighted by Gasteiger charge is 2.16. The summed E-state index contributed by atoms with van der Waals surface area (Å²) < 4.78 is 6.60. The first-order valence-electron chi connectivity index (χ1n) is 5.71. The molecule has 0 fully saturated rings. The van der Waals surface area contributed by atoms with Crippen molar-refractivity contribution in [3.8, 4) is 11.5 Å². The molecule has 0 saturated heterocycles. The molecule has 0 atom stereocenters. The largest absolute Gasteiger partial charge is 0.455 e. The summed E-state index contributed by atoms with van der Waals surface area (Å²) >= 11 is 9.46. The van der Waals surface area contributed by atoms with Gasteiger partial charge in [-0.15, -0.1) is 0 Å². The summed E-state index contributed by atoms with van der Waals surface area (Å²) in [5, 5.41) is 0.234. The number of carbonyl (C=O) groups is 1. The molecule has 0 unspecified atom stereocenters. The van der Waals surface area contributed by atoms with Gasteiger partial charge in [-0.3, -0.25) is 4.79 Å². The molecule has 0 heterocycles. The predicted molar refractivity (Wildman–Crippen MR) is 83.3 cm³/mol. The fourth-order valence-corrected chi connectivity index (χ4v) is 2.30. The number of ether oxygens (including phenoxy) is 1. The number of halogens is 2. The van der Waals surface area contributed by atoms with E-state index in [2.05, 4.69) is 15.9 Å². The third-order valence-electron chi connectivity index (χ3n) is 2.69. The molecule has 2 aromatic carbocycles. The molecule has 20 heavy (non-hydrogen) atoms. The van der Waals surface area contributed by atoms with Crippen molar-refractivity contribution in [3.63, 3.8) is 0 Å². The van der Waals surface area contributed by atoms with Crippen molar-refractivity contribution in [2.45, 2.75) is 6.92 Å². The molecule has 0 radical (unpaired) electrons. The first kappa shape index (κ1) is 14.7. The monoisotopic (exact) mass is 354 g/mol. The Kier molecular flexibility index (Phi) is 4.20. The standard InChI is InChI=1S/C14H12BrClN2O2/c1-7-2-3-8(15)4-12(7)20-13-10(14(18)19)5-9(17)6-11(13)16/h2-6H,17H2,1H3,(H2,18,19). The van der Waals surface area contributed by atoms with Gasteiger partial charge in [-0.25, -0.2) is 0 Å². The quantitative estimate of drug-likeness (QED) is 0.820. The average Bonchev–Trinajstić information content (AvgIpc) is 2.36. The molecule has 0 aliphatic rings. The van der Waals surface area contributed by atoms with Gasteiger partial charge in [0, 0.05) is 10.2 Å². The minimum Gasteiger partial charge on any atom is -0.455 e. The summed E-state index contributed by atoms with van der Waals surface area (Å²) in [7, 11) is 0. The van der Waals surface area contributed by atoms with Crippen LogP contribution in [0.4, 0.5) is 5.69 Å². The predicted octanol–water partition coefficient (Wildman–Crippen LogP) is 3.88. The zero-order valence-corrected chi connectivity index (χ0v) is 13.0. The number of amides is 1. The molecule has 104 valence electrons. The average molecular weight is 356 g/mol.